The Morgan fingerprint density at radius 2 is 1.62 bits per heavy atom. The fourth-order valence-corrected chi connectivity index (χ4v) is 4.90. The average molecular weight is 360 g/mol. The van der Waals surface area contributed by atoms with E-state index in [2.05, 4.69) is 4.74 Å². The first-order valence-corrected chi connectivity index (χ1v) is 8.36. The average Bonchev–Trinajstić information content (AvgIpc) is 2.43. The maximum atomic E-state index is 13.5. The standard InChI is InChI=1S/C16H12F4O3S/c1-15(2)11-5-3-9(17)7-14(11)24(21,22)13-6-4-10(8-12(13)15)23-16(18,19)20/h3-8H,1-2H3. The lowest BCUT2D eigenvalue weighted by molar-refractivity contribution is -0.274. The van der Waals surface area contributed by atoms with E-state index in [0.29, 0.717) is 5.56 Å². The maximum Gasteiger partial charge on any atom is 0.573 e. The quantitative estimate of drug-likeness (QED) is 0.716. The summed E-state index contributed by atoms with van der Waals surface area (Å²) in [5.74, 6) is -1.20. The van der Waals surface area contributed by atoms with Crippen molar-refractivity contribution < 1.29 is 30.7 Å². The van der Waals surface area contributed by atoms with E-state index in [0.717, 1.165) is 30.3 Å². The van der Waals surface area contributed by atoms with Crippen molar-refractivity contribution in [1.29, 1.82) is 0 Å². The van der Waals surface area contributed by atoms with Gasteiger partial charge in [0.1, 0.15) is 11.6 Å². The number of hydrogen-bond donors (Lipinski definition) is 0. The van der Waals surface area contributed by atoms with Crippen molar-refractivity contribution in [3.8, 4) is 5.75 Å². The summed E-state index contributed by atoms with van der Waals surface area (Å²) in [7, 11) is -4.03. The highest BCUT2D eigenvalue weighted by Crippen LogP contribution is 2.47. The summed E-state index contributed by atoms with van der Waals surface area (Å²) in [5.41, 5.74) is -0.446. The second kappa shape index (κ2) is 4.95. The van der Waals surface area contributed by atoms with Crippen LogP contribution in [0.2, 0.25) is 0 Å². The highest BCUT2D eigenvalue weighted by molar-refractivity contribution is 7.91. The van der Waals surface area contributed by atoms with Gasteiger partial charge in [0.15, 0.2) is 0 Å². The van der Waals surface area contributed by atoms with Crippen molar-refractivity contribution >= 4 is 9.84 Å². The van der Waals surface area contributed by atoms with Crippen molar-refractivity contribution in [3.05, 3.63) is 53.3 Å². The van der Waals surface area contributed by atoms with Gasteiger partial charge in [-0.05, 0) is 41.5 Å². The van der Waals surface area contributed by atoms with Crippen LogP contribution in [0.3, 0.4) is 0 Å². The van der Waals surface area contributed by atoms with Crippen molar-refractivity contribution in [2.24, 2.45) is 0 Å². The van der Waals surface area contributed by atoms with E-state index in [1.807, 2.05) is 0 Å². The largest absolute Gasteiger partial charge is 0.573 e. The zero-order chi connectivity index (χ0) is 17.9. The normalized spacial score (nSPS) is 17.8. The lowest BCUT2D eigenvalue weighted by atomic mass is 9.77. The topological polar surface area (TPSA) is 43.4 Å². The third kappa shape index (κ3) is 2.54. The number of sulfone groups is 1. The smallest absolute Gasteiger partial charge is 0.406 e. The Morgan fingerprint density at radius 3 is 2.25 bits per heavy atom. The van der Waals surface area contributed by atoms with Crippen molar-refractivity contribution in [3.63, 3.8) is 0 Å². The summed E-state index contributed by atoms with van der Waals surface area (Å²) in [6.45, 7) is 3.32. The molecule has 8 heteroatoms. The van der Waals surface area contributed by atoms with E-state index in [1.165, 1.54) is 6.07 Å². The molecule has 0 atom stereocenters. The van der Waals surface area contributed by atoms with Gasteiger partial charge in [-0.15, -0.1) is 13.2 Å². The van der Waals surface area contributed by atoms with Gasteiger partial charge in [0.2, 0.25) is 9.84 Å². The predicted molar refractivity (Wildman–Crippen MR) is 77.1 cm³/mol. The van der Waals surface area contributed by atoms with Gasteiger partial charge in [-0.1, -0.05) is 19.9 Å². The Balaban J connectivity index is 2.27. The van der Waals surface area contributed by atoms with E-state index < -0.39 is 33.2 Å². The van der Waals surface area contributed by atoms with Crippen molar-refractivity contribution in [2.45, 2.75) is 35.4 Å². The lowest BCUT2D eigenvalue weighted by Gasteiger charge is -2.34. The number of halogens is 4. The first-order valence-electron chi connectivity index (χ1n) is 6.88. The van der Waals surface area contributed by atoms with Gasteiger partial charge in [-0.2, -0.15) is 0 Å². The van der Waals surface area contributed by atoms with E-state index in [1.54, 1.807) is 13.8 Å². The number of rotatable bonds is 1. The molecule has 1 heterocycles. The molecule has 2 aromatic rings. The van der Waals surface area contributed by atoms with E-state index in [-0.39, 0.29) is 15.4 Å². The Bertz CT molecular complexity index is 931. The van der Waals surface area contributed by atoms with E-state index in [4.69, 9.17) is 0 Å². The second-order valence-corrected chi connectivity index (χ2v) is 7.86. The van der Waals surface area contributed by atoms with E-state index >= 15 is 0 Å². The number of ether oxygens (including phenoxy) is 1. The maximum absolute atomic E-state index is 13.5. The molecule has 0 bridgehead atoms. The fraction of sp³-hybridized carbons (Fsp3) is 0.250. The highest BCUT2D eigenvalue weighted by Gasteiger charge is 2.41. The fourth-order valence-electron chi connectivity index (χ4n) is 2.93. The van der Waals surface area contributed by atoms with Gasteiger partial charge in [-0.25, -0.2) is 12.8 Å². The second-order valence-electron chi connectivity index (χ2n) is 5.97. The zero-order valence-electron chi connectivity index (χ0n) is 12.6. The van der Waals surface area contributed by atoms with Crippen LogP contribution in [0.5, 0.6) is 5.75 Å². The SMILES string of the molecule is CC1(C)c2cc(OC(F)(F)F)ccc2S(=O)(=O)c2cc(F)ccc21. The van der Waals surface area contributed by atoms with Crippen LogP contribution in [0, 0.1) is 5.82 Å². The van der Waals surface area contributed by atoms with Crippen LogP contribution in [-0.2, 0) is 15.3 Å². The minimum atomic E-state index is -4.88. The Labute approximate surface area is 135 Å². The summed E-state index contributed by atoms with van der Waals surface area (Å²) in [6.07, 6.45) is -4.88. The molecular formula is C16H12F4O3S. The summed E-state index contributed by atoms with van der Waals surface area (Å²) in [6, 6.07) is 6.44. The molecule has 2 aromatic carbocycles. The van der Waals surface area contributed by atoms with Crippen LogP contribution in [0.4, 0.5) is 17.6 Å². The van der Waals surface area contributed by atoms with Crippen LogP contribution < -0.4 is 4.74 Å². The zero-order valence-corrected chi connectivity index (χ0v) is 13.4. The molecule has 0 saturated heterocycles. The van der Waals surface area contributed by atoms with Gasteiger partial charge in [0, 0.05) is 5.41 Å². The summed E-state index contributed by atoms with van der Waals surface area (Å²) in [5, 5.41) is 0. The molecular weight excluding hydrogens is 348 g/mol. The number of fused-ring (bicyclic) bond motifs is 2. The van der Waals surface area contributed by atoms with Gasteiger partial charge in [0.05, 0.1) is 9.79 Å². The van der Waals surface area contributed by atoms with Crippen molar-refractivity contribution in [2.75, 3.05) is 0 Å². The van der Waals surface area contributed by atoms with Crippen LogP contribution in [0.25, 0.3) is 0 Å². The molecule has 24 heavy (non-hydrogen) atoms. The highest BCUT2D eigenvalue weighted by atomic mass is 32.2. The monoisotopic (exact) mass is 360 g/mol. The third-order valence-electron chi connectivity index (χ3n) is 4.05. The van der Waals surface area contributed by atoms with Crippen LogP contribution in [0.1, 0.15) is 25.0 Å². The predicted octanol–water partition coefficient (Wildman–Crippen LogP) is 4.20. The summed E-state index contributed by atoms with van der Waals surface area (Å²) < 4.78 is 80.1. The number of alkyl halides is 3. The molecule has 0 unspecified atom stereocenters. The summed E-state index contributed by atoms with van der Waals surface area (Å²) in [4.78, 5) is -0.329. The number of benzene rings is 2. The molecule has 0 radical (unpaired) electrons. The third-order valence-corrected chi connectivity index (χ3v) is 5.91. The first-order chi connectivity index (χ1) is 10.9. The van der Waals surface area contributed by atoms with Crippen LogP contribution in [-0.4, -0.2) is 14.8 Å². The molecule has 128 valence electrons. The molecule has 3 rings (SSSR count). The Kier molecular flexibility index (Phi) is 3.46. The first kappa shape index (κ1) is 16.8. The molecule has 1 aliphatic heterocycles. The number of hydrogen-bond acceptors (Lipinski definition) is 3. The van der Waals surface area contributed by atoms with Gasteiger partial charge >= 0.3 is 6.36 Å². The minimum Gasteiger partial charge on any atom is -0.406 e. The van der Waals surface area contributed by atoms with Gasteiger partial charge < -0.3 is 4.74 Å². The van der Waals surface area contributed by atoms with Gasteiger partial charge in [0.25, 0.3) is 0 Å². The molecule has 0 aromatic heterocycles. The van der Waals surface area contributed by atoms with Gasteiger partial charge in [-0.3, -0.25) is 0 Å². The lowest BCUT2D eigenvalue weighted by Crippen LogP contribution is -2.30. The van der Waals surface area contributed by atoms with E-state index in [9.17, 15) is 26.0 Å². The molecule has 0 fully saturated rings. The van der Waals surface area contributed by atoms with Crippen molar-refractivity contribution in [1.82, 2.24) is 0 Å². The molecule has 0 aliphatic carbocycles. The Hall–Kier alpha value is -2.09. The molecule has 1 aliphatic rings. The van der Waals surface area contributed by atoms with Crippen LogP contribution >= 0.6 is 0 Å². The molecule has 0 amide bonds. The molecule has 0 N–H and O–H groups in total. The summed E-state index contributed by atoms with van der Waals surface area (Å²) >= 11 is 0. The minimum absolute atomic E-state index is 0.153. The molecule has 0 spiro atoms. The molecule has 3 nitrogen and oxygen atoms in total. The molecule has 0 saturated carbocycles. The Morgan fingerprint density at radius 1 is 0.958 bits per heavy atom. The van der Waals surface area contributed by atoms with Crippen LogP contribution in [0.15, 0.2) is 46.2 Å².